The van der Waals surface area contributed by atoms with Crippen LogP contribution in [-0.2, 0) is 16.1 Å². The van der Waals surface area contributed by atoms with Gasteiger partial charge in [-0.1, -0.05) is 24.8 Å². The number of anilines is 1. The Morgan fingerprint density at radius 1 is 1.07 bits per heavy atom. The highest BCUT2D eigenvalue weighted by Crippen LogP contribution is 2.28. The molecule has 0 radical (unpaired) electrons. The van der Waals surface area contributed by atoms with Gasteiger partial charge in [0.2, 0.25) is 0 Å². The summed E-state index contributed by atoms with van der Waals surface area (Å²) in [6.07, 6.45) is 2.84. The largest absolute Gasteiger partial charge is 0.497 e. The number of carbonyl (C=O) groups is 1. The van der Waals surface area contributed by atoms with Gasteiger partial charge in [0.05, 0.1) is 26.3 Å². The quantitative estimate of drug-likeness (QED) is 0.106. The number of hydrogen-bond donors (Lipinski definition) is 2. The number of nitrogens with zero attached hydrogens (tertiary/aromatic N) is 4. The van der Waals surface area contributed by atoms with Crippen LogP contribution in [0.1, 0.15) is 29.3 Å². The molecule has 0 aliphatic heterocycles. The van der Waals surface area contributed by atoms with Crippen LogP contribution in [0.25, 0.3) is 11.1 Å². The second kappa shape index (κ2) is 15.7. The van der Waals surface area contributed by atoms with E-state index in [-0.39, 0.29) is 35.0 Å². The van der Waals surface area contributed by atoms with Crippen LogP contribution in [0.15, 0.2) is 81.5 Å². The van der Waals surface area contributed by atoms with Gasteiger partial charge >= 0.3 is 11.7 Å². The van der Waals surface area contributed by atoms with E-state index in [0.29, 0.717) is 16.8 Å². The standard InChI is InChI=1S/C33H38F2N6O5/c1-20(45-7)12-17-29(36-4)41-31(42)30(22(3)40(33(41)44)19-26-27(34)10-9-11-28(26)35)25(18-39(5)6)21(2)23-13-15-24(16-14-23)37-32(43)38-46-8/h9-17H,1,18-19H2,2-8H3,(H2,37,38,43)/b17-12-,25-21+,36-29+. The number of aromatic nitrogens is 2. The molecule has 2 amide bonds. The Balaban J connectivity index is 2.39. The molecule has 2 N–H and O–H groups in total. The van der Waals surface area contributed by atoms with E-state index in [9.17, 15) is 23.2 Å². The van der Waals surface area contributed by atoms with Crippen molar-refractivity contribution in [2.45, 2.75) is 20.4 Å². The number of carbonyl (C=O) groups excluding carboxylic acids is 1. The molecule has 13 heteroatoms. The number of hydroxylamine groups is 1. The van der Waals surface area contributed by atoms with E-state index in [1.54, 1.807) is 31.2 Å². The molecular weight excluding hydrogens is 598 g/mol. The van der Waals surface area contributed by atoms with Gasteiger partial charge in [-0.15, -0.1) is 0 Å². The van der Waals surface area contributed by atoms with Gasteiger partial charge in [0.1, 0.15) is 23.2 Å². The van der Waals surface area contributed by atoms with Crippen molar-refractivity contribution in [1.29, 1.82) is 0 Å². The fourth-order valence-electron chi connectivity index (χ4n) is 4.74. The van der Waals surface area contributed by atoms with E-state index < -0.39 is 35.5 Å². The number of hydrogen-bond acceptors (Lipinski definition) is 7. The fraction of sp³-hybridized carbons (Fsp3) is 0.273. The van der Waals surface area contributed by atoms with Crippen molar-refractivity contribution in [2.24, 2.45) is 4.99 Å². The zero-order valence-electron chi connectivity index (χ0n) is 26.9. The normalized spacial score (nSPS) is 12.3. The first kappa shape index (κ1) is 35.3. The molecule has 244 valence electrons. The van der Waals surface area contributed by atoms with Crippen LogP contribution >= 0.6 is 0 Å². The maximum absolute atomic E-state index is 14.9. The third-order valence-electron chi connectivity index (χ3n) is 7.12. The second-order valence-electron chi connectivity index (χ2n) is 10.4. The van der Waals surface area contributed by atoms with Gasteiger partial charge < -0.3 is 15.0 Å². The van der Waals surface area contributed by atoms with E-state index in [4.69, 9.17) is 4.74 Å². The Hall–Kier alpha value is -5.14. The highest BCUT2D eigenvalue weighted by molar-refractivity contribution is 5.96. The van der Waals surface area contributed by atoms with Crippen LogP contribution in [0, 0.1) is 18.6 Å². The maximum Gasteiger partial charge on any atom is 0.343 e. The molecule has 3 aromatic rings. The van der Waals surface area contributed by atoms with Gasteiger partial charge in [-0.05, 0) is 81.1 Å². The van der Waals surface area contributed by atoms with Gasteiger partial charge in [-0.25, -0.2) is 28.4 Å². The fourth-order valence-corrected chi connectivity index (χ4v) is 4.74. The number of methoxy groups -OCH3 is 1. The summed E-state index contributed by atoms with van der Waals surface area (Å²) in [7, 11) is 7.79. The predicted octanol–water partition coefficient (Wildman–Crippen LogP) is 4.41. The zero-order chi connectivity index (χ0) is 34.1. The number of nitrogens with one attached hydrogen (secondary N) is 2. The first-order valence-electron chi connectivity index (χ1n) is 14.1. The second-order valence-corrected chi connectivity index (χ2v) is 10.4. The number of ether oxygens (including phenoxy) is 1. The molecule has 0 unspecified atom stereocenters. The molecule has 0 bridgehead atoms. The minimum absolute atomic E-state index is 0.0381. The van der Waals surface area contributed by atoms with Crippen molar-refractivity contribution in [2.75, 3.05) is 47.2 Å². The highest BCUT2D eigenvalue weighted by Gasteiger charge is 2.25. The van der Waals surface area contributed by atoms with Crippen LogP contribution in [0.5, 0.6) is 0 Å². The summed E-state index contributed by atoms with van der Waals surface area (Å²) in [5, 5.41) is 2.63. The summed E-state index contributed by atoms with van der Waals surface area (Å²) in [5.41, 5.74) is 3.15. The average Bonchev–Trinajstić information content (AvgIpc) is 3.01. The average molecular weight is 637 g/mol. The number of rotatable bonds is 11. The van der Waals surface area contributed by atoms with E-state index in [0.717, 1.165) is 26.8 Å². The van der Waals surface area contributed by atoms with Crippen molar-refractivity contribution in [3.05, 3.63) is 122 Å². The Labute approximate surface area is 265 Å². The Bertz CT molecular complexity index is 1800. The third kappa shape index (κ3) is 8.11. The summed E-state index contributed by atoms with van der Waals surface area (Å²) in [6.45, 7) is 6.90. The van der Waals surface area contributed by atoms with Crippen LogP contribution in [0.2, 0.25) is 0 Å². The molecule has 1 heterocycles. The van der Waals surface area contributed by atoms with Crippen molar-refractivity contribution in [1.82, 2.24) is 19.5 Å². The number of urea groups is 1. The van der Waals surface area contributed by atoms with E-state index in [1.165, 1.54) is 39.5 Å². The van der Waals surface area contributed by atoms with Crippen molar-refractivity contribution in [3.63, 3.8) is 0 Å². The first-order valence-corrected chi connectivity index (χ1v) is 14.1. The van der Waals surface area contributed by atoms with Crippen LogP contribution < -0.4 is 22.0 Å². The zero-order valence-corrected chi connectivity index (χ0v) is 26.9. The lowest BCUT2D eigenvalue weighted by Crippen LogP contribution is -2.46. The Morgan fingerprint density at radius 2 is 1.70 bits per heavy atom. The number of halogens is 2. The lowest BCUT2D eigenvalue weighted by molar-refractivity contribution is 0.114. The molecule has 0 spiro atoms. The number of benzene rings is 2. The maximum atomic E-state index is 14.9. The van der Waals surface area contributed by atoms with Crippen molar-refractivity contribution >= 4 is 28.7 Å². The summed E-state index contributed by atoms with van der Waals surface area (Å²) in [4.78, 5) is 50.9. The molecule has 1 aromatic heterocycles. The topological polar surface area (TPSA) is 119 Å². The highest BCUT2D eigenvalue weighted by atomic mass is 19.1. The van der Waals surface area contributed by atoms with Crippen LogP contribution in [0.4, 0.5) is 19.3 Å². The molecule has 0 saturated heterocycles. The molecule has 11 nitrogen and oxygen atoms in total. The smallest absolute Gasteiger partial charge is 0.343 e. The number of aliphatic imine (C=N–C) groups is 1. The minimum Gasteiger partial charge on any atom is -0.497 e. The van der Waals surface area contributed by atoms with Crippen molar-refractivity contribution in [3.8, 4) is 0 Å². The van der Waals surface area contributed by atoms with Gasteiger partial charge in [-0.3, -0.25) is 19.2 Å². The Kier molecular flexibility index (Phi) is 12.1. The summed E-state index contributed by atoms with van der Waals surface area (Å²) in [5.74, 6) is -1.46. The predicted molar refractivity (Wildman–Crippen MR) is 176 cm³/mol. The molecule has 0 aliphatic carbocycles. The van der Waals surface area contributed by atoms with Crippen LogP contribution in [0.3, 0.4) is 0 Å². The number of amides is 2. The molecule has 0 fully saturated rings. The van der Waals surface area contributed by atoms with Crippen LogP contribution in [-0.4, -0.2) is 67.8 Å². The van der Waals surface area contributed by atoms with Gasteiger partial charge in [0.15, 0.2) is 0 Å². The molecule has 3 rings (SSSR count). The SMILES string of the molecule is C=C(/C=C\C(=N/C)n1c(=O)c(/C(CN(C)C)=C(\C)c2ccc(NC(=O)NOC)cc2)c(C)n(Cc2c(F)cccc2F)c1=O)OC. The summed E-state index contributed by atoms with van der Waals surface area (Å²) in [6, 6.07) is 9.79. The van der Waals surface area contributed by atoms with E-state index in [1.807, 2.05) is 25.9 Å². The monoisotopic (exact) mass is 636 g/mol. The molecule has 46 heavy (non-hydrogen) atoms. The first-order chi connectivity index (χ1) is 21.8. The molecule has 0 saturated carbocycles. The molecule has 0 atom stereocenters. The number of allylic oxidation sites excluding steroid dienone is 3. The lowest BCUT2D eigenvalue weighted by Gasteiger charge is -2.23. The number of likely N-dealkylation sites (N-methyl/N-ethyl adjacent to an activating group) is 1. The van der Waals surface area contributed by atoms with Gasteiger partial charge in [-0.2, -0.15) is 0 Å². The summed E-state index contributed by atoms with van der Waals surface area (Å²) >= 11 is 0. The minimum atomic E-state index is -0.839. The van der Waals surface area contributed by atoms with Crippen molar-refractivity contribution < 1.29 is 23.1 Å². The Morgan fingerprint density at radius 3 is 2.24 bits per heavy atom. The molecule has 2 aromatic carbocycles. The lowest BCUT2D eigenvalue weighted by atomic mass is 9.94. The van der Waals surface area contributed by atoms with E-state index in [2.05, 4.69) is 27.2 Å². The molecular formula is C33H38F2N6O5. The summed E-state index contributed by atoms with van der Waals surface area (Å²) < 4.78 is 36.8. The third-order valence-corrected chi connectivity index (χ3v) is 7.12. The van der Waals surface area contributed by atoms with Gasteiger partial charge in [0, 0.05) is 30.5 Å². The molecule has 0 aliphatic rings. The van der Waals surface area contributed by atoms with E-state index >= 15 is 0 Å². The van der Waals surface area contributed by atoms with Gasteiger partial charge in [0.25, 0.3) is 5.56 Å².